The molecule has 0 aliphatic carbocycles. The summed E-state index contributed by atoms with van der Waals surface area (Å²) < 4.78 is 7.63. The molecule has 108 valence electrons. The van der Waals surface area contributed by atoms with Crippen LogP contribution in [0, 0.1) is 5.92 Å². The molecule has 2 aromatic rings. The Morgan fingerprint density at radius 1 is 1.30 bits per heavy atom. The second-order valence-corrected chi connectivity index (χ2v) is 5.29. The molecule has 0 spiro atoms. The van der Waals surface area contributed by atoms with Crippen molar-refractivity contribution >= 4 is 0 Å². The summed E-state index contributed by atoms with van der Waals surface area (Å²) in [4.78, 5) is 0. The monoisotopic (exact) mass is 273 g/mol. The summed E-state index contributed by atoms with van der Waals surface area (Å²) >= 11 is 0. The number of benzene rings is 1. The van der Waals surface area contributed by atoms with E-state index in [9.17, 15) is 0 Å². The lowest BCUT2D eigenvalue weighted by Crippen LogP contribution is -2.18. The third-order valence-electron chi connectivity index (χ3n) is 2.93. The normalized spacial score (nSPS) is 10.9. The van der Waals surface area contributed by atoms with Crippen LogP contribution in [0.3, 0.4) is 0 Å². The van der Waals surface area contributed by atoms with Crippen molar-refractivity contribution in [2.75, 3.05) is 13.2 Å². The van der Waals surface area contributed by atoms with Gasteiger partial charge in [0, 0.05) is 18.9 Å². The van der Waals surface area contributed by atoms with Crippen LogP contribution >= 0.6 is 0 Å². The smallest absolute Gasteiger partial charge is 0.119 e. The summed E-state index contributed by atoms with van der Waals surface area (Å²) in [6.45, 7) is 7.73. The van der Waals surface area contributed by atoms with Crippen LogP contribution in [0.2, 0.25) is 0 Å². The quantitative estimate of drug-likeness (QED) is 0.804. The molecule has 0 aliphatic rings. The molecule has 20 heavy (non-hydrogen) atoms. The standard InChI is InChI=1S/C16H23N3O/c1-14(2)12-17-13-15-5-3-6-16(11-15)20-10-9-19-8-4-7-18-19/h3-8,11,14,17H,9-10,12-13H2,1-2H3. The first kappa shape index (κ1) is 14.6. The van der Waals surface area contributed by atoms with Crippen LogP contribution in [0.5, 0.6) is 5.75 Å². The van der Waals surface area contributed by atoms with E-state index in [0.29, 0.717) is 12.5 Å². The minimum Gasteiger partial charge on any atom is -0.492 e. The minimum absolute atomic E-state index is 0.630. The highest BCUT2D eigenvalue weighted by Crippen LogP contribution is 2.13. The second-order valence-electron chi connectivity index (χ2n) is 5.29. The summed E-state index contributed by atoms with van der Waals surface area (Å²) in [6.07, 6.45) is 3.72. The Morgan fingerprint density at radius 2 is 2.20 bits per heavy atom. The van der Waals surface area contributed by atoms with Crippen LogP contribution in [-0.2, 0) is 13.1 Å². The van der Waals surface area contributed by atoms with Gasteiger partial charge in [0.25, 0.3) is 0 Å². The molecule has 0 radical (unpaired) electrons. The van der Waals surface area contributed by atoms with E-state index < -0.39 is 0 Å². The highest BCUT2D eigenvalue weighted by atomic mass is 16.5. The molecule has 0 aliphatic heterocycles. The Kier molecular flexibility index (Phi) is 5.62. The lowest BCUT2D eigenvalue weighted by Gasteiger charge is -2.10. The number of ether oxygens (including phenoxy) is 1. The van der Waals surface area contributed by atoms with Gasteiger partial charge in [-0.1, -0.05) is 26.0 Å². The van der Waals surface area contributed by atoms with Gasteiger partial charge in [0.1, 0.15) is 12.4 Å². The van der Waals surface area contributed by atoms with Crippen LogP contribution in [0.1, 0.15) is 19.4 Å². The van der Waals surface area contributed by atoms with Gasteiger partial charge in [0.2, 0.25) is 0 Å². The zero-order valence-electron chi connectivity index (χ0n) is 12.2. The summed E-state index contributed by atoms with van der Waals surface area (Å²) in [6, 6.07) is 10.2. The maximum atomic E-state index is 5.76. The SMILES string of the molecule is CC(C)CNCc1cccc(OCCn2cccn2)c1. The van der Waals surface area contributed by atoms with Crippen molar-refractivity contribution < 1.29 is 4.74 Å². The summed E-state index contributed by atoms with van der Waals surface area (Å²) in [7, 11) is 0. The van der Waals surface area contributed by atoms with E-state index in [4.69, 9.17) is 4.74 Å². The minimum atomic E-state index is 0.630. The number of aromatic nitrogens is 2. The van der Waals surface area contributed by atoms with Crippen molar-refractivity contribution in [3.8, 4) is 5.75 Å². The molecule has 0 unspecified atom stereocenters. The number of nitrogens with zero attached hydrogens (tertiary/aromatic N) is 2. The van der Waals surface area contributed by atoms with E-state index in [0.717, 1.165) is 25.4 Å². The Bertz CT molecular complexity index is 494. The van der Waals surface area contributed by atoms with Crippen molar-refractivity contribution in [3.05, 3.63) is 48.3 Å². The third kappa shape index (κ3) is 5.05. The largest absolute Gasteiger partial charge is 0.492 e. The van der Waals surface area contributed by atoms with Crippen molar-refractivity contribution in [3.63, 3.8) is 0 Å². The zero-order chi connectivity index (χ0) is 14.2. The summed E-state index contributed by atoms with van der Waals surface area (Å²) in [5.41, 5.74) is 1.25. The highest BCUT2D eigenvalue weighted by molar-refractivity contribution is 5.28. The molecule has 1 heterocycles. The van der Waals surface area contributed by atoms with Crippen LogP contribution in [0.25, 0.3) is 0 Å². The van der Waals surface area contributed by atoms with Gasteiger partial charge in [-0.05, 0) is 36.2 Å². The number of hydrogen-bond donors (Lipinski definition) is 1. The third-order valence-corrected chi connectivity index (χ3v) is 2.93. The van der Waals surface area contributed by atoms with Gasteiger partial charge in [-0.25, -0.2) is 0 Å². The second kappa shape index (κ2) is 7.70. The molecule has 1 N–H and O–H groups in total. The first-order valence-corrected chi connectivity index (χ1v) is 7.14. The average Bonchev–Trinajstić information content (AvgIpc) is 2.92. The first-order valence-electron chi connectivity index (χ1n) is 7.14. The maximum Gasteiger partial charge on any atom is 0.119 e. The molecule has 4 heteroatoms. The molecule has 0 saturated carbocycles. The van der Waals surface area contributed by atoms with Crippen LogP contribution < -0.4 is 10.1 Å². The molecule has 2 rings (SSSR count). The van der Waals surface area contributed by atoms with Gasteiger partial charge < -0.3 is 10.1 Å². The molecule has 0 amide bonds. The number of nitrogens with one attached hydrogen (secondary N) is 1. The van der Waals surface area contributed by atoms with Crippen LogP contribution in [0.15, 0.2) is 42.7 Å². The topological polar surface area (TPSA) is 39.1 Å². The summed E-state index contributed by atoms with van der Waals surface area (Å²) in [5, 5.41) is 7.59. The summed E-state index contributed by atoms with van der Waals surface area (Å²) in [5.74, 6) is 1.59. The van der Waals surface area contributed by atoms with E-state index in [1.807, 2.05) is 29.1 Å². The van der Waals surface area contributed by atoms with E-state index in [1.165, 1.54) is 5.56 Å². The molecule has 0 atom stereocenters. The molecule has 0 saturated heterocycles. The predicted octanol–water partition coefficient (Wildman–Crippen LogP) is 2.71. The molecular weight excluding hydrogens is 250 g/mol. The van der Waals surface area contributed by atoms with Gasteiger partial charge in [-0.3, -0.25) is 4.68 Å². The van der Waals surface area contributed by atoms with E-state index in [1.54, 1.807) is 6.20 Å². The first-order chi connectivity index (χ1) is 9.74. The molecule has 1 aromatic carbocycles. The van der Waals surface area contributed by atoms with Gasteiger partial charge in [-0.2, -0.15) is 5.10 Å². The predicted molar refractivity (Wildman–Crippen MR) is 80.7 cm³/mol. The Balaban J connectivity index is 1.77. The number of hydrogen-bond acceptors (Lipinski definition) is 3. The van der Waals surface area contributed by atoms with Crippen LogP contribution in [0.4, 0.5) is 0 Å². The maximum absolute atomic E-state index is 5.76. The van der Waals surface area contributed by atoms with Gasteiger partial charge >= 0.3 is 0 Å². The van der Waals surface area contributed by atoms with Crippen LogP contribution in [-0.4, -0.2) is 22.9 Å². The van der Waals surface area contributed by atoms with E-state index in [2.05, 4.69) is 36.4 Å². The molecule has 4 nitrogen and oxygen atoms in total. The zero-order valence-corrected chi connectivity index (χ0v) is 12.2. The van der Waals surface area contributed by atoms with Crippen molar-refractivity contribution in [1.29, 1.82) is 0 Å². The number of rotatable bonds is 8. The fraction of sp³-hybridized carbons (Fsp3) is 0.438. The highest BCUT2D eigenvalue weighted by Gasteiger charge is 1.99. The van der Waals surface area contributed by atoms with Crippen molar-refractivity contribution in [2.45, 2.75) is 26.9 Å². The van der Waals surface area contributed by atoms with E-state index >= 15 is 0 Å². The molecule has 0 fully saturated rings. The van der Waals surface area contributed by atoms with E-state index in [-0.39, 0.29) is 0 Å². The Hall–Kier alpha value is -1.81. The van der Waals surface area contributed by atoms with Gasteiger partial charge in [-0.15, -0.1) is 0 Å². The van der Waals surface area contributed by atoms with Crippen molar-refractivity contribution in [1.82, 2.24) is 15.1 Å². The lowest BCUT2D eigenvalue weighted by molar-refractivity contribution is 0.291. The average molecular weight is 273 g/mol. The lowest BCUT2D eigenvalue weighted by atomic mass is 10.2. The Morgan fingerprint density at radius 3 is 2.95 bits per heavy atom. The Labute approximate surface area is 120 Å². The fourth-order valence-corrected chi connectivity index (χ4v) is 1.94. The molecule has 0 bridgehead atoms. The van der Waals surface area contributed by atoms with Gasteiger partial charge in [0.15, 0.2) is 0 Å². The molecular formula is C16H23N3O. The fourth-order valence-electron chi connectivity index (χ4n) is 1.94. The van der Waals surface area contributed by atoms with Crippen molar-refractivity contribution in [2.24, 2.45) is 5.92 Å². The van der Waals surface area contributed by atoms with Gasteiger partial charge in [0.05, 0.1) is 6.54 Å². The molecule has 1 aromatic heterocycles.